The molecule has 0 radical (unpaired) electrons. The van der Waals surface area contributed by atoms with Crippen LogP contribution in [0.4, 0.5) is 74.6 Å². The molecule has 1 unspecified atom stereocenters. The van der Waals surface area contributed by atoms with E-state index in [0.717, 1.165) is 18.2 Å². The lowest BCUT2D eigenvalue weighted by Gasteiger charge is -2.43. The van der Waals surface area contributed by atoms with Gasteiger partial charge in [0.1, 0.15) is 0 Å². The average Bonchev–Trinajstić information content (AvgIpc) is 2.71. The molecule has 1 atom stereocenters. The van der Waals surface area contributed by atoms with Crippen LogP contribution < -0.4 is 0 Å². The highest BCUT2D eigenvalue weighted by atomic mass is 19.4. The van der Waals surface area contributed by atoms with Gasteiger partial charge in [0, 0.05) is 6.42 Å². The molecule has 0 aliphatic heterocycles. The van der Waals surface area contributed by atoms with Crippen molar-refractivity contribution in [2.45, 2.75) is 79.9 Å². The van der Waals surface area contributed by atoms with E-state index in [2.05, 4.69) is 0 Å². The zero-order chi connectivity index (χ0) is 29.8. The van der Waals surface area contributed by atoms with Crippen LogP contribution in [-0.4, -0.2) is 52.7 Å². The Balaban J connectivity index is 3.58. The summed E-state index contributed by atoms with van der Waals surface area (Å²) in [6, 6.07) is 4.19. The van der Waals surface area contributed by atoms with Crippen molar-refractivity contribution < 1.29 is 79.7 Å². The molecule has 0 saturated carbocycles. The van der Waals surface area contributed by atoms with E-state index in [1.807, 2.05) is 0 Å². The maximum Gasteiger partial charge on any atom is 0.460 e. The number of alkyl halides is 17. The van der Waals surface area contributed by atoms with E-state index in [-0.39, 0.29) is 5.56 Å². The van der Waals surface area contributed by atoms with E-state index in [1.54, 1.807) is 0 Å². The molecule has 1 N–H and O–H groups in total. The first-order chi connectivity index (χ1) is 16.1. The van der Waals surface area contributed by atoms with E-state index < -0.39 is 71.6 Å². The van der Waals surface area contributed by atoms with Crippen LogP contribution in [-0.2, 0) is 0 Å². The second-order valence-electron chi connectivity index (χ2n) is 8.15. The van der Waals surface area contributed by atoms with Gasteiger partial charge in [-0.15, -0.1) is 0 Å². The normalized spacial score (nSPS) is 16.4. The van der Waals surface area contributed by atoms with Crippen molar-refractivity contribution in [2.24, 2.45) is 0 Å². The first-order valence-electron chi connectivity index (χ1n) is 9.54. The first-order valence-corrected chi connectivity index (χ1v) is 9.54. The second-order valence-corrected chi connectivity index (χ2v) is 8.15. The van der Waals surface area contributed by atoms with Gasteiger partial charge in [0.25, 0.3) is 0 Å². The van der Waals surface area contributed by atoms with E-state index in [1.165, 1.54) is 19.9 Å². The number of halogens is 17. The summed E-state index contributed by atoms with van der Waals surface area (Å²) in [6.45, 7) is 2.73. The van der Waals surface area contributed by atoms with Gasteiger partial charge in [-0.2, -0.15) is 74.6 Å². The average molecular weight is 582 g/mol. The third-order valence-electron chi connectivity index (χ3n) is 5.21. The summed E-state index contributed by atoms with van der Waals surface area (Å²) in [4.78, 5) is 0. The van der Waals surface area contributed by atoms with Gasteiger partial charge in [0.2, 0.25) is 0 Å². The molecule has 0 heterocycles. The molecule has 18 heteroatoms. The predicted molar refractivity (Wildman–Crippen MR) is 90.8 cm³/mol. The molecule has 1 rings (SSSR count). The van der Waals surface area contributed by atoms with Crippen molar-refractivity contribution in [1.82, 2.24) is 0 Å². The van der Waals surface area contributed by atoms with E-state index in [0.29, 0.717) is 0 Å². The Labute approximate surface area is 196 Å². The Morgan fingerprint density at radius 2 is 0.865 bits per heavy atom. The minimum Gasteiger partial charge on any atom is -0.388 e. The maximum absolute atomic E-state index is 14.1. The summed E-state index contributed by atoms with van der Waals surface area (Å²) in [7, 11) is 0. The number of aliphatic hydroxyl groups is 1. The third kappa shape index (κ3) is 4.82. The van der Waals surface area contributed by atoms with Crippen molar-refractivity contribution in [3.05, 3.63) is 35.4 Å². The Morgan fingerprint density at radius 3 is 1.22 bits per heavy atom. The van der Waals surface area contributed by atoms with Gasteiger partial charge in [0.15, 0.2) is 0 Å². The van der Waals surface area contributed by atoms with Gasteiger partial charge in [-0.3, -0.25) is 0 Å². The van der Waals surface area contributed by atoms with Crippen LogP contribution in [0.5, 0.6) is 0 Å². The van der Waals surface area contributed by atoms with Crippen LogP contribution in [0.1, 0.15) is 43.4 Å². The fourth-order valence-corrected chi connectivity index (χ4v) is 3.02. The molecule has 1 aromatic rings. The molecule has 0 aliphatic carbocycles. The topological polar surface area (TPSA) is 20.2 Å². The van der Waals surface area contributed by atoms with Gasteiger partial charge >= 0.3 is 47.6 Å². The van der Waals surface area contributed by atoms with Crippen molar-refractivity contribution >= 4 is 0 Å². The summed E-state index contributed by atoms with van der Waals surface area (Å²) in [5, 5.41) is 9.87. The van der Waals surface area contributed by atoms with Crippen LogP contribution >= 0.6 is 0 Å². The highest BCUT2D eigenvalue weighted by Gasteiger charge is 2.95. The van der Waals surface area contributed by atoms with Crippen molar-refractivity contribution in [3.63, 3.8) is 0 Å². The molecule has 0 aliphatic rings. The first kappa shape index (κ1) is 33.0. The smallest absolute Gasteiger partial charge is 0.388 e. The van der Waals surface area contributed by atoms with Crippen LogP contribution in [0.15, 0.2) is 24.3 Å². The van der Waals surface area contributed by atoms with Gasteiger partial charge in [-0.05, 0) is 17.0 Å². The molecule has 1 aromatic carbocycles. The highest BCUT2D eigenvalue weighted by molar-refractivity contribution is 5.32. The summed E-state index contributed by atoms with van der Waals surface area (Å²) in [6.07, 6.45) is -13.6. The molecule has 0 amide bonds. The van der Waals surface area contributed by atoms with Gasteiger partial charge < -0.3 is 5.11 Å². The van der Waals surface area contributed by atoms with Crippen LogP contribution in [0.2, 0.25) is 0 Å². The number of hydrogen-bond donors (Lipinski definition) is 1. The highest BCUT2D eigenvalue weighted by Crippen LogP contribution is 2.64. The van der Waals surface area contributed by atoms with Gasteiger partial charge in [-0.1, -0.05) is 38.1 Å². The summed E-state index contributed by atoms with van der Waals surface area (Å²) in [5.74, 6) is -57.6. The van der Waals surface area contributed by atoms with E-state index in [4.69, 9.17) is 0 Å². The third-order valence-corrected chi connectivity index (χ3v) is 5.21. The van der Waals surface area contributed by atoms with Gasteiger partial charge in [0.05, 0.1) is 6.10 Å². The molecule has 0 spiro atoms. The minimum absolute atomic E-state index is 0.0632. The molecule has 0 saturated heterocycles. The fourth-order valence-electron chi connectivity index (χ4n) is 3.02. The Bertz CT molecular complexity index is 948. The SMILES string of the molecule is CC(C)c1ccccc1C(O)CC(F)(F)C(F)(F)C(F)(F)C(F)(F)C(F)(F)C(F)(F)C(F)(F)C(F)(F)F. The van der Waals surface area contributed by atoms with Gasteiger partial charge in [-0.25, -0.2) is 0 Å². The Hall–Kier alpha value is -2.01. The number of hydrogen-bond acceptors (Lipinski definition) is 1. The minimum atomic E-state index is -8.68. The lowest BCUT2D eigenvalue weighted by molar-refractivity contribution is -0.462. The molecule has 216 valence electrons. The number of benzene rings is 1. The largest absolute Gasteiger partial charge is 0.460 e. The summed E-state index contributed by atoms with van der Waals surface area (Å²) < 4.78 is 227. The zero-order valence-corrected chi connectivity index (χ0v) is 18.0. The molecule has 1 nitrogen and oxygen atoms in total. The molecule has 0 bridgehead atoms. The monoisotopic (exact) mass is 582 g/mol. The van der Waals surface area contributed by atoms with Crippen LogP contribution in [0.25, 0.3) is 0 Å². The lowest BCUT2D eigenvalue weighted by atomic mass is 9.86. The number of aliphatic hydroxyl groups excluding tert-OH is 1. The molecule has 37 heavy (non-hydrogen) atoms. The van der Waals surface area contributed by atoms with Crippen molar-refractivity contribution in [2.75, 3.05) is 0 Å². The molecular weight excluding hydrogens is 567 g/mol. The second kappa shape index (κ2) is 9.32. The molecule has 0 fully saturated rings. The van der Waals surface area contributed by atoms with Crippen LogP contribution in [0, 0.1) is 0 Å². The molecular formula is C19H15F17O. The fraction of sp³-hybridized carbons (Fsp3) is 0.684. The van der Waals surface area contributed by atoms with E-state index in [9.17, 15) is 79.7 Å². The summed E-state index contributed by atoms with van der Waals surface area (Å²) >= 11 is 0. The summed E-state index contributed by atoms with van der Waals surface area (Å²) in [5.41, 5.74) is -0.712. The maximum atomic E-state index is 14.1. The zero-order valence-electron chi connectivity index (χ0n) is 18.0. The standard InChI is InChI=1S/C19H15F17O/c1-8(2)9-5-3-4-6-10(9)11(37)7-12(20,21)13(22,23)14(24,25)15(26,27)16(28,29)17(30,31)18(32,33)19(34,35)36/h3-6,8,11,37H,7H2,1-2H3. The van der Waals surface area contributed by atoms with Crippen molar-refractivity contribution in [1.29, 1.82) is 0 Å². The van der Waals surface area contributed by atoms with Crippen molar-refractivity contribution in [3.8, 4) is 0 Å². The molecule has 0 aromatic heterocycles. The Kier molecular flexibility index (Phi) is 8.32. The quantitative estimate of drug-likeness (QED) is 0.276. The predicted octanol–water partition coefficient (Wildman–Crippen LogP) is 8.24. The Morgan fingerprint density at radius 1 is 0.541 bits per heavy atom. The van der Waals surface area contributed by atoms with Crippen LogP contribution in [0.3, 0.4) is 0 Å². The lowest BCUT2D eigenvalue weighted by Crippen LogP contribution is -2.74. The van der Waals surface area contributed by atoms with E-state index >= 15 is 0 Å². The number of rotatable bonds is 10.